The maximum Gasteiger partial charge on any atom is 0.303 e. The van der Waals surface area contributed by atoms with E-state index in [0.717, 1.165) is 24.8 Å². The van der Waals surface area contributed by atoms with Crippen molar-refractivity contribution in [1.29, 1.82) is 0 Å². The molecule has 1 heterocycles. The molecule has 1 aliphatic heterocycles. The number of esters is 1. The average molecular weight is 505 g/mol. The van der Waals surface area contributed by atoms with Crippen LogP contribution in [-0.4, -0.2) is 57.4 Å². The molecule has 1 saturated heterocycles. The molecule has 11 atom stereocenters. The Labute approximate surface area is 216 Å². The van der Waals surface area contributed by atoms with Crippen LogP contribution in [0.15, 0.2) is 11.6 Å². The van der Waals surface area contributed by atoms with Crippen molar-refractivity contribution in [1.82, 2.24) is 0 Å². The van der Waals surface area contributed by atoms with Crippen molar-refractivity contribution in [2.45, 2.75) is 122 Å². The number of aliphatic hydroxyl groups is 3. The predicted molar refractivity (Wildman–Crippen MR) is 137 cm³/mol. The first kappa shape index (κ1) is 26.6. The fraction of sp³-hybridized carbons (Fsp3) is 0.900. The van der Waals surface area contributed by atoms with E-state index >= 15 is 0 Å². The van der Waals surface area contributed by atoms with Gasteiger partial charge in [0, 0.05) is 13.3 Å². The van der Waals surface area contributed by atoms with Crippen molar-refractivity contribution in [3.63, 3.8) is 0 Å². The van der Waals surface area contributed by atoms with Crippen molar-refractivity contribution >= 4 is 5.97 Å². The SMILES string of the molecule is CC(=O)O[C@H]1C=C2[C@@H]3CC[C@H]([C@H](C)CC[C@H](C)C(C)C)[C@@]3(C)C[C@@H]3OC[C@@]4(CC[C@H](O)C[C@]14O)[C@]23O. The van der Waals surface area contributed by atoms with Crippen LogP contribution in [0.5, 0.6) is 0 Å². The van der Waals surface area contributed by atoms with Crippen molar-refractivity contribution in [2.75, 3.05) is 6.61 Å². The fourth-order valence-corrected chi connectivity index (χ4v) is 9.43. The van der Waals surface area contributed by atoms with Gasteiger partial charge in [0.1, 0.15) is 17.3 Å². The molecule has 0 amide bonds. The van der Waals surface area contributed by atoms with Crippen molar-refractivity contribution in [2.24, 2.45) is 40.4 Å². The van der Waals surface area contributed by atoms with Crippen LogP contribution in [0, 0.1) is 40.4 Å². The standard InChI is InChI=1S/C30H48O6/c1-17(2)18(3)7-8-19(4)22-9-10-23-24-13-25(36-20(5)31)29(33)14-21(32)11-12-28(29)16-35-26(30(24,28)34)15-27(22,23)6/h13,17-19,21-23,25-26,32-34H,7-12,14-16H2,1-6H3/t18-,19+,21-,22+,23-,25-,26-,27+,28+,29-,30-/m0/s1. The minimum atomic E-state index is -1.56. The number of rotatable bonds is 6. The lowest BCUT2D eigenvalue weighted by Gasteiger charge is -2.64. The maximum atomic E-state index is 12.6. The van der Waals surface area contributed by atoms with Gasteiger partial charge in [0.15, 0.2) is 0 Å². The van der Waals surface area contributed by atoms with E-state index in [1.807, 2.05) is 6.08 Å². The van der Waals surface area contributed by atoms with E-state index in [4.69, 9.17) is 9.47 Å². The molecular formula is C30H48O6. The summed E-state index contributed by atoms with van der Waals surface area (Å²) in [6.45, 7) is 13.3. The second-order valence-corrected chi connectivity index (χ2v) is 13.8. The Morgan fingerprint density at radius 2 is 1.86 bits per heavy atom. The highest BCUT2D eigenvalue weighted by atomic mass is 16.6. The number of carbonyl (C=O) groups is 1. The summed E-state index contributed by atoms with van der Waals surface area (Å²) in [5, 5.41) is 35.3. The Hall–Kier alpha value is -0.950. The Bertz CT molecular complexity index is 915. The van der Waals surface area contributed by atoms with Crippen molar-refractivity contribution in [3.8, 4) is 0 Å². The zero-order valence-electron chi connectivity index (χ0n) is 23.1. The van der Waals surface area contributed by atoms with Crippen molar-refractivity contribution < 1.29 is 29.6 Å². The lowest BCUT2D eigenvalue weighted by Crippen LogP contribution is -2.75. The summed E-state index contributed by atoms with van der Waals surface area (Å²) in [6, 6.07) is 0. The molecule has 3 N–H and O–H groups in total. The monoisotopic (exact) mass is 504 g/mol. The van der Waals surface area contributed by atoms with Crippen molar-refractivity contribution in [3.05, 3.63) is 11.6 Å². The lowest BCUT2D eigenvalue weighted by atomic mass is 9.43. The molecule has 204 valence electrons. The first-order valence-electron chi connectivity index (χ1n) is 14.4. The summed E-state index contributed by atoms with van der Waals surface area (Å²) in [7, 11) is 0. The van der Waals surface area contributed by atoms with Gasteiger partial charge in [0.05, 0.1) is 24.2 Å². The van der Waals surface area contributed by atoms with Crippen LogP contribution in [0.3, 0.4) is 0 Å². The molecule has 0 aromatic rings. The second-order valence-electron chi connectivity index (χ2n) is 13.8. The van der Waals surface area contributed by atoms with Crippen LogP contribution in [0.25, 0.3) is 0 Å². The molecule has 0 bridgehead atoms. The Kier molecular flexibility index (Phi) is 6.51. The topological polar surface area (TPSA) is 96.2 Å². The average Bonchev–Trinajstić information content (AvgIpc) is 3.28. The Morgan fingerprint density at radius 3 is 2.53 bits per heavy atom. The van der Waals surface area contributed by atoms with Crippen LogP contribution in [0.1, 0.15) is 92.9 Å². The highest BCUT2D eigenvalue weighted by molar-refractivity contribution is 5.67. The number of fused-ring (bicyclic) bond motifs is 2. The number of carbonyl (C=O) groups excluding carboxylic acids is 1. The van der Waals surface area contributed by atoms with Crippen LogP contribution in [0.4, 0.5) is 0 Å². The Morgan fingerprint density at radius 1 is 1.14 bits per heavy atom. The van der Waals surface area contributed by atoms with E-state index in [-0.39, 0.29) is 24.4 Å². The van der Waals surface area contributed by atoms with E-state index in [2.05, 4.69) is 34.6 Å². The molecule has 36 heavy (non-hydrogen) atoms. The molecule has 4 fully saturated rings. The number of hydrogen-bond donors (Lipinski definition) is 3. The van der Waals surface area contributed by atoms with Crippen LogP contribution in [0.2, 0.25) is 0 Å². The molecule has 0 radical (unpaired) electrons. The number of aliphatic hydroxyl groups excluding tert-OH is 1. The fourth-order valence-electron chi connectivity index (χ4n) is 9.43. The molecule has 4 aliphatic carbocycles. The third kappa shape index (κ3) is 3.46. The molecule has 1 spiro atoms. The quantitative estimate of drug-likeness (QED) is 0.367. The van der Waals surface area contributed by atoms with E-state index in [1.165, 1.54) is 19.8 Å². The zero-order chi connectivity index (χ0) is 26.3. The van der Waals surface area contributed by atoms with Crippen LogP contribution < -0.4 is 0 Å². The summed E-state index contributed by atoms with van der Waals surface area (Å²) in [5.41, 5.74) is -2.93. The summed E-state index contributed by atoms with van der Waals surface area (Å²) >= 11 is 0. The van der Waals surface area contributed by atoms with Gasteiger partial charge in [-0.25, -0.2) is 0 Å². The van der Waals surface area contributed by atoms with Crippen LogP contribution >= 0.6 is 0 Å². The maximum absolute atomic E-state index is 12.6. The molecule has 0 unspecified atom stereocenters. The van der Waals surface area contributed by atoms with Gasteiger partial charge < -0.3 is 24.8 Å². The second kappa shape index (κ2) is 8.79. The van der Waals surface area contributed by atoms with E-state index in [1.54, 1.807) is 0 Å². The smallest absolute Gasteiger partial charge is 0.303 e. The highest BCUT2D eigenvalue weighted by Gasteiger charge is 2.79. The van der Waals surface area contributed by atoms with Gasteiger partial charge in [-0.15, -0.1) is 0 Å². The van der Waals surface area contributed by atoms with Gasteiger partial charge >= 0.3 is 5.97 Å². The third-order valence-corrected chi connectivity index (χ3v) is 11.9. The number of hydrogen-bond acceptors (Lipinski definition) is 6. The van der Waals surface area contributed by atoms with E-state index in [0.29, 0.717) is 36.5 Å². The third-order valence-electron chi connectivity index (χ3n) is 11.9. The first-order chi connectivity index (χ1) is 16.8. The zero-order valence-corrected chi connectivity index (χ0v) is 23.1. The van der Waals surface area contributed by atoms with Gasteiger partial charge in [-0.3, -0.25) is 4.79 Å². The molecule has 0 aromatic heterocycles. The lowest BCUT2D eigenvalue weighted by molar-refractivity contribution is -0.254. The van der Waals surface area contributed by atoms with E-state index < -0.39 is 40.9 Å². The first-order valence-corrected chi connectivity index (χ1v) is 14.4. The van der Waals surface area contributed by atoms with Gasteiger partial charge in [0.25, 0.3) is 0 Å². The minimum absolute atomic E-state index is 0.0147. The van der Waals surface area contributed by atoms with Gasteiger partial charge in [-0.2, -0.15) is 0 Å². The van der Waals surface area contributed by atoms with Gasteiger partial charge in [-0.05, 0) is 78.8 Å². The summed E-state index contributed by atoms with van der Waals surface area (Å²) in [6.07, 6.45) is 6.23. The molecular weight excluding hydrogens is 456 g/mol. The molecule has 5 rings (SSSR count). The normalized spacial score (nSPS) is 49.1. The molecule has 0 aromatic carbocycles. The predicted octanol–water partition coefficient (Wildman–Crippen LogP) is 4.39. The largest absolute Gasteiger partial charge is 0.455 e. The number of ether oxygens (including phenoxy) is 2. The molecule has 5 aliphatic rings. The molecule has 6 nitrogen and oxygen atoms in total. The summed E-state index contributed by atoms with van der Waals surface area (Å²) in [5.74, 6) is 2.22. The Balaban J connectivity index is 1.53. The summed E-state index contributed by atoms with van der Waals surface area (Å²) in [4.78, 5) is 12.1. The van der Waals surface area contributed by atoms with Gasteiger partial charge in [-0.1, -0.05) is 47.5 Å². The van der Waals surface area contributed by atoms with Crippen LogP contribution in [-0.2, 0) is 14.3 Å². The minimum Gasteiger partial charge on any atom is -0.455 e. The highest BCUT2D eigenvalue weighted by Crippen LogP contribution is 2.72. The van der Waals surface area contributed by atoms with E-state index in [9.17, 15) is 20.1 Å². The summed E-state index contributed by atoms with van der Waals surface area (Å²) < 4.78 is 12.2. The molecule has 3 saturated carbocycles. The molecule has 6 heteroatoms. The van der Waals surface area contributed by atoms with Gasteiger partial charge in [0.2, 0.25) is 0 Å².